The maximum Gasteiger partial charge on any atom is 0.340 e. The van der Waals surface area contributed by atoms with Gasteiger partial charge in [-0.25, -0.2) is 14.2 Å². The molecule has 0 atom stereocenters. The van der Waals surface area contributed by atoms with E-state index in [1.807, 2.05) is 4.57 Å². The van der Waals surface area contributed by atoms with Gasteiger partial charge in [-0.1, -0.05) is 0 Å². The first-order chi connectivity index (χ1) is 9.61. The highest BCUT2D eigenvalue weighted by Crippen LogP contribution is 2.22. The summed E-state index contributed by atoms with van der Waals surface area (Å²) in [6, 6.07) is 2.45. The number of benzene rings is 1. The number of nitrogen functional groups attached to an aromatic ring is 1. The van der Waals surface area contributed by atoms with Crippen molar-refractivity contribution >= 4 is 17.3 Å². The van der Waals surface area contributed by atoms with E-state index in [1.54, 1.807) is 18.7 Å². The van der Waals surface area contributed by atoms with Gasteiger partial charge in [0.25, 0.3) is 0 Å². The molecule has 0 radical (unpaired) electrons. The van der Waals surface area contributed by atoms with E-state index in [0.717, 1.165) is 6.07 Å². The molecule has 0 aliphatic carbocycles. The number of nitrogens with one attached hydrogen (secondary N) is 1. The molecule has 6 nitrogen and oxygen atoms in total. The molecule has 0 aliphatic heterocycles. The molecule has 1 heterocycles. The predicted molar refractivity (Wildman–Crippen MR) is 72.9 cm³/mol. The van der Waals surface area contributed by atoms with Crippen LogP contribution < -0.4 is 11.1 Å². The molecule has 3 N–H and O–H groups in total. The number of imidazole rings is 1. The zero-order chi connectivity index (χ0) is 14.5. The number of esters is 1. The zero-order valence-electron chi connectivity index (χ0n) is 11.0. The van der Waals surface area contributed by atoms with Gasteiger partial charge in [0.1, 0.15) is 5.82 Å². The Morgan fingerprint density at radius 2 is 2.35 bits per heavy atom. The van der Waals surface area contributed by atoms with Crippen LogP contribution in [0.4, 0.5) is 15.8 Å². The minimum atomic E-state index is -0.597. The molecule has 0 amide bonds. The fourth-order valence-electron chi connectivity index (χ4n) is 1.75. The Morgan fingerprint density at radius 1 is 1.55 bits per heavy atom. The first-order valence-electron chi connectivity index (χ1n) is 5.98. The predicted octanol–water partition coefficient (Wildman–Crippen LogP) is 1.50. The van der Waals surface area contributed by atoms with Gasteiger partial charge in [-0.15, -0.1) is 0 Å². The summed E-state index contributed by atoms with van der Waals surface area (Å²) in [4.78, 5) is 15.4. The highest BCUT2D eigenvalue weighted by Gasteiger charge is 2.14. The number of hydrogen-bond donors (Lipinski definition) is 2. The van der Waals surface area contributed by atoms with Crippen molar-refractivity contribution in [1.29, 1.82) is 0 Å². The van der Waals surface area contributed by atoms with Crippen molar-refractivity contribution in [3.05, 3.63) is 42.2 Å². The van der Waals surface area contributed by atoms with Crippen LogP contribution in [0.3, 0.4) is 0 Å². The van der Waals surface area contributed by atoms with E-state index in [0.29, 0.717) is 13.1 Å². The number of halogens is 1. The number of ether oxygens (including phenoxy) is 1. The summed E-state index contributed by atoms with van der Waals surface area (Å²) in [5.74, 6) is -1.11. The van der Waals surface area contributed by atoms with Crippen LogP contribution in [0.25, 0.3) is 0 Å². The number of aromatic nitrogens is 2. The Bertz CT molecular complexity index is 599. The van der Waals surface area contributed by atoms with Gasteiger partial charge in [-0.05, 0) is 12.1 Å². The number of carbonyl (C=O) groups is 1. The summed E-state index contributed by atoms with van der Waals surface area (Å²) in [5.41, 5.74) is 5.99. The zero-order valence-corrected chi connectivity index (χ0v) is 11.0. The van der Waals surface area contributed by atoms with Gasteiger partial charge in [-0.2, -0.15) is 0 Å². The average molecular weight is 278 g/mol. The van der Waals surface area contributed by atoms with Crippen molar-refractivity contribution in [3.63, 3.8) is 0 Å². The van der Waals surface area contributed by atoms with Crippen molar-refractivity contribution in [2.24, 2.45) is 0 Å². The molecule has 1 aromatic heterocycles. The van der Waals surface area contributed by atoms with E-state index < -0.39 is 11.8 Å². The van der Waals surface area contributed by atoms with Crippen LogP contribution in [0.5, 0.6) is 0 Å². The molecule has 0 saturated heterocycles. The van der Waals surface area contributed by atoms with Crippen molar-refractivity contribution in [3.8, 4) is 0 Å². The van der Waals surface area contributed by atoms with Gasteiger partial charge in [0.15, 0.2) is 0 Å². The normalized spacial score (nSPS) is 10.3. The molecule has 0 spiro atoms. The fourth-order valence-corrected chi connectivity index (χ4v) is 1.75. The summed E-state index contributed by atoms with van der Waals surface area (Å²) in [6.45, 7) is 1.11. The Kier molecular flexibility index (Phi) is 4.19. The van der Waals surface area contributed by atoms with Crippen LogP contribution in [0.2, 0.25) is 0 Å². The van der Waals surface area contributed by atoms with Gasteiger partial charge in [0, 0.05) is 31.2 Å². The van der Waals surface area contributed by atoms with Crippen molar-refractivity contribution in [2.45, 2.75) is 6.54 Å². The first kappa shape index (κ1) is 13.9. The van der Waals surface area contributed by atoms with Gasteiger partial charge in [0.05, 0.1) is 24.7 Å². The topological polar surface area (TPSA) is 82.2 Å². The lowest BCUT2D eigenvalue weighted by atomic mass is 10.1. The molecule has 2 rings (SSSR count). The lowest BCUT2D eigenvalue weighted by Crippen LogP contribution is -2.12. The number of carbonyl (C=O) groups excluding carboxylic acids is 1. The summed E-state index contributed by atoms with van der Waals surface area (Å²) in [7, 11) is 1.25. The molecule has 20 heavy (non-hydrogen) atoms. The molecular formula is C13H15FN4O2. The number of methoxy groups -OCH3 is 1. The van der Waals surface area contributed by atoms with Crippen molar-refractivity contribution in [2.75, 3.05) is 24.7 Å². The van der Waals surface area contributed by atoms with E-state index in [1.165, 1.54) is 13.2 Å². The third kappa shape index (κ3) is 3.05. The minimum Gasteiger partial charge on any atom is -0.465 e. The fraction of sp³-hybridized carbons (Fsp3) is 0.231. The molecule has 106 valence electrons. The largest absolute Gasteiger partial charge is 0.465 e. The van der Waals surface area contributed by atoms with Crippen LogP contribution in [0, 0.1) is 5.82 Å². The maximum absolute atomic E-state index is 13.7. The second-order valence-corrected chi connectivity index (χ2v) is 4.14. The van der Waals surface area contributed by atoms with Gasteiger partial charge in [0.2, 0.25) is 0 Å². The highest BCUT2D eigenvalue weighted by atomic mass is 19.1. The van der Waals surface area contributed by atoms with E-state index in [2.05, 4.69) is 15.0 Å². The second-order valence-electron chi connectivity index (χ2n) is 4.14. The molecule has 7 heteroatoms. The number of hydrogen-bond acceptors (Lipinski definition) is 5. The maximum atomic E-state index is 13.7. The molecule has 1 aromatic carbocycles. The highest BCUT2D eigenvalue weighted by molar-refractivity contribution is 5.96. The van der Waals surface area contributed by atoms with Crippen LogP contribution in [0.15, 0.2) is 30.9 Å². The molecule has 0 fully saturated rings. The summed E-state index contributed by atoms with van der Waals surface area (Å²) in [5, 5.41) is 2.91. The lowest BCUT2D eigenvalue weighted by Gasteiger charge is -2.11. The van der Waals surface area contributed by atoms with Crippen molar-refractivity contribution < 1.29 is 13.9 Å². The summed E-state index contributed by atoms with van der Waals surface area (Å²) in [6.07, 6.45) is 5.14. The Balaban J connectivity index is 2.08. The smallest absolute Gasteiger partial charge is 0.340 e. The molecule has 0 saturated carbocycles. The second kappa shape index (κ2) is 6.05. The number of rotatable bonds is 5. The quantitative estimate of drug-likeness (QED) is 0.640. The van der Waals surface area contributed by atoms with Crippen LogP contribution in [0.1, 0.15) is 10.4 Å². The van der Waals surface area contributed by atoms with Crippen LogP contribution >= 0.6 is 0 Å². The minimum absolute atomic E-state index is 0.0505. The van der Waals surface area contributed by atoms with E-state index in [-0.39, 0.29) is 16.9 Å². The van der Waals surface area contributed by atoms with E-state index in [9.17, 15) is 9.18 Å². The third-order valence-corrected chi connectivity index (χ3v) is 2.79. The molecule has 0 bridgehead atoms. The average Bonchev–Trinajstić information content (AvgIpc) is 2.93. The van der Waals surface area contributed by atoms with Gasteiger partial charge in [-0.3, -0.25) is 0 Å². The van der Waals surface area contributed by atoms with Gasteiger partial charge < -0.3 is 20.4 Å². The number of nitrogens with two attached hydrogens (primary N) is 1. The van der Waals surface area contributed by atoms with Crippen LogP contribution in [-0.2, 0) is 11.3 Å². The number of nitrogens with zero attached hydrogens (tertiary/aromatic N) is 2. The standard InChI is InChI=1S/C13H15FN4O2/c1-20-13(19)9-6-12(10(14)7-11(9)15)17-3-5-18-4-2-16-8-18/h2,4,6-8,17H,3,5,15H2,1H3. The third-order valence-electron chi connectivity index (χ3n) is 2.79. The molecular weight excluding hydrogens is 263 g/mol. The lowest BCUT2D eigenvalue weighted by molar-refractivity contribution is 0.0602. The van der Waals surface area contributed by atoms with Crippen LogP contribution in [-0.4, -0.2) is 29.2 Å². The molecule has 0 unspecified atom stereocenters. The van der Waals surface area contributed by atoms with E-state index >= 15 is 0 Å². The van der Waals surface area contributed by atoms with Gasteiger partial charge >= 0.3 is 5.97 Å². The monoisotopic (exact) mass is 278 g/mol. The number of anilines is 2. The Labute approximate surface area is 115 Å². The van der Waals surface area contributed by atoms with Crippen molar-refractivity contribution in [1.82, 2.24) is 9.55 Å². The Morgan fingerprint density at radius 3 is 3.00 bits per heavy atom. The van der Waals surface area contributed by atoms with E-state index in [4.69, 9.17) is 5.73 Å². The Hall–Kier alpha value is -2.57. The summed E-state index contributed by atoms with van der Waals surface area (Å²) >= 11 is 0. The SMILES string of the molecule is COC(=O)c1cc(NCCn2ccnc2)c(F)cc1N. The molecule has 0 aliphatic rings. The first-order valence-corrected chi connectivity index (χ1v) is 5.98. The summed E-state index contributed by atoms with van der Waals surface area (Å²) < 4.78 is 20.2. The molecule has 2 aromatic rings.